The quantitative estimate of drug-likeness (QED) is 0.459. The Bertz CT molecular complexity index is 1120. The number of hydrogen-bond donors (Lipinski definition) is 2. The molecular weight excluding hydrogens is 376 g/mol. The van der Waals surface area contributed by atoms with Gasteiger partial charge in [0.05, 0.1) is 24.0 Å². The lowest BCUT2D eigenvalue weighted by Crippen LogP contribution is -2.30. The summed E-state index contributed by atoms with van der Waals surface area (Å²) in [4.78, 5) is 4.34. The minimum absolute atomic E-state index is 0.114. The van der Waals surface area contributed by atoms with Gasteiger partial charge in [-0.2, -0.15) is 5.10 Å². The molecule has 0 aliphatic rings. The number of aryl methyl sites for hydroxylation is 1. The molecule has 0 fully saturated rings. The highest BCUT2D eigenvalue weighted by atomic mass is 16.5. The molecule has 0 unspecified atom stereocenters. The molecule has 30 heavy (non-hydrogen) atoms. The second-order valence-corrected chi connectivity index (χ2v) is 7.33. The summed E-state index contributed by atoms with van der Waals surface area (Å²) in [5.74, 6) is 1.58. The highest BCUT2D eigenvalue weighted by molar-refractivity contribution is 5.86. The standard InChI is InChI=1S/C24H26N4O2/c1-3-29-21-7-4-17(5-8-21)10-20(25)15-30-22-11-19(13-26-14-22)18-6-9-24-23(12-18)16(2)27-28-24/h4-9,11-14,20H,3,10,15,25H2,1-2H3,(H,27,28)/t20-/m0/s1. The molecule has 2 aromatic heterocycles. The Morgan fingerprint density at radius 3 is 2.60 bits per heavy atom. The fourth-order valence-corrected chi connectivity index (χ4v) is 3.43. The zero-order chi connectivity index (χ0) is 20.9. The Morgan fingerprint density at radius 1 is 0.967 bits per heavy atom. The van der Waals surface area contributed by atoms with E-state index in [4.69, 9.17) is 15.2 Å². The molecule has 0 radical (unpaired) electrons. The van der Waals surface area contributed by atoms with Crippen molar-refractivity contribution in [1.29, 1.82) is 0 Å². The molecule has 0 amide bonds. The van der Waals surface area contributed by atoms with E-state index in [1.54, 1.807) is 6.20 Å². The first kappa shape index (κ1) is 19.9. The molecule has 4 rings (SSSR count). The maximum Gasteiger partial charge on any atom is 0.138 e. The molecule has 0 aliphatic heterocycles. The number of ether oxygens (including phenoxy) is 2. The molecule has 0 spiro atoms. The van der Waals surface area contributed by atoms with Crippen molar-refractivity contribution in [2.75, 3.05) is 13.2 Å². The van der Waals surface area contributed by atoms with Crippen LogP contribution < -0.4 is 15.2 Å². The molecule has 6 nitrogen and oxygen atoms in total. The minimum atomic E-state index is -0.114. The van der Waals surface area contributed by atoms with Crippen LogP contribution in [0.2, 0.25) is 0 Å². The van der Waals surface area contributed by atoms with Gasteiger partial charge in [0.15, 0.2) is 0 Å². The van der Waals surface area contributed by atoms with E-state index in [-0.39, 0.29) is 6.04 Å². The summed E-state index contributed by atoms with van der Waals surface area (Å²) in [6.07, 6.45) is 4.29. The molecule has 1 atom stereocenters. The molecule has 4 aromatic rings. The van der Waals surface area contributed by atoms with Crippen molar-refractivity contribution < 1.29 is 9.47 Å². The highest BCUT2D eigenvalue weighted by Crippen LogP contribution is 2.27. The lowest BCUT2D eigenvalue weighted by molar-refractivity contribution is 0.286. The van der Waals surface area contributed by atoms with Gasteiger partial charge in [0.1, 0.15) is 18.1 Å². The lowest BCUT2D eigenvalue weighted by atomic mass is 10.0. The Morgan fingerprint density at radius 2 is 1.80 bits per heavy atom. The second-order valence-electron chi connectivity index (χ2n) is 7.33. The van der Waals surface area contributed by atoms with Crippen molar-refractivity contribution in [3.63, 3.8) is 0 Å². The molecule has 2 heterocycles. The van der Waals surface area contributed by atoms with Crippen LogP contribution in [-0.2, 0) is 6.42 Å². The van der Waals surface area contributed by atoms with E-state index in [9.17, 15) is 0 Å². The molecule has 6 heteroatoms. The van der Waals surface area contributed by atoms with Crippen molar-refractivity contribution in [2.45, 2.75) is 26.3 Å². The summed E-state index contributed by atoms with van der Waals surface area (Å²) in [6, 6.07) is 16.1. The average Bonchev–Trinajstić information content (AvgIpc) is 3.14. The Hall–Kier alpha value is -3.38. The molecule has 2 aromatic carbocycles. The third kappa shape index (κ3) is 4.60. The van der Waals surface area contributed by atoms with Gasteiger partial charge >= 0.3 is 0 Å². The van der Waals surface area contributed by atoms with Crippen LogP contribution in [-0.4, -0.2) is 34.4 Å². The van der Waals surface area contributed by atoms with Crippen LogP contribution in [0.15, 0.2) is 60.9 Å². The SMILES string of the molecule is CCOc1ccc(C[C@H](N)COc2cncc(-c3ccc4[nH]nc(C)c4c3)c2)cc1. The molecule has 154 valence electrons. The number of aromatic amines is 1. The third-order valence-electron chi connectivity index (χ3n) is 5.00. The van der Waals surface area contributed by atoms with Gasteiger partial charge in [0.2, 0.25) is 0 Å². The average molecular weight is 402 g/mol. The van der Waals surface area contributed by atoms with E-state index in [2.05, 4.69) is 27.3 Å². The molecule has 0 aliphatic carbocycles. The molecule has 0 saturated heterocycles. The topological polar surface area (TPSA) is 86.0 Å². The van der Waals surface area contributed by atoms with Gasteiger partial charge in [-0.3, -0.25) is 10.1 Å². The van der Waals surface area contributed by atoms with Crippen LogP contribution in [0.1, 0.15) is 18.2 Å². The Balaban J connectivity index is 1.39. The molecule has 0 saturated carbocycles. The number of rotatable bonds is 8. The number of benzene rings is 2. The number of nitrogens with two attached hydrogens (primary N) is 1. The van der Waals surface area contributed by atoms with Crippen LogP contribution in [0, 0.1) is 6.92 Å². The zero-order valence-corrected chi connectivity index (χ0v) is 17.3. The van der Waals surface area contributed by atoms with E-state index < -0.39 is 0 Å². The fourth-order valence-electron chi connectivity index (χ4n) is 3.43. The smallest absolute Gasteiger partial charge is 0.138 e. The summed E-state index contributed by atoms with van der Waals surface area (Å²) in [5.41, 5.74) is 11.5. The van der Waals surface area contributed by atoms with E-state index >= 15 is 0 Å². The molecule has 0 bridgehead atoms. The van der Waals surface area contributed by atoms with Crippen LogP contribution >= 0.6 is 0 Å². The van der Waals surface area contributed by atoms with Crippen molar-refractivity contribution in [3.05, 3.63) is 72.2 Å². The van der Waals surface area contributed by atoms with Crippen LogP contribution in [0.4, 0.5) is 0 Å². The number of hydrogen-bond acceptors (Lipinski definition) is 5. The number of aromatic nitrogens is 3. The number of H-pyrrole nitrogens is 1. The number of nitrogens with zero attached hydrogens (tertiary/aromatic N) is 2. The summed E-state index contributed by atoms with van der Waals surface area (Å²) in [5, 5.41) is 8.40. The summed E-state index contributed by atoms with van der Waals surface area (Å²) in [6.45, 7) is 5.04. The molecular formula is C24H26N4O2. The van der Waals surface area contributed by atoms with Crippen molar-refractivity contribution in [1.82, 2.24) is 15.2 Å². The Kier molecular flexibility index (Phi) is 5.95. The van der Waals surface area contributed by atoms with E-state index in [0.29, 0.717) is 19.0 Å². The largest absolute Gasteiger partial charge is 0.494 e. The second kappa shape index (κ2) is 8.97. The zero-order valence-electron chi connectivity index (χ0n) is 17.3. The monoisotopic (exact) mass is 402 g/mol. The van der Waals surface area contributed by atoms with Crippen LogP contribution in [0.3, 0.4) is 0 Å². The van der Waals surface area contributed by atoms with E-state index in [1.807, 2.05) is 56.4 Å². The third-order valence-corrected chi connectivity index (χ3v) is 5.00. The first-order valence-electron chi connectivity index (χ1n) is 10.1. The molecule has 3 N–H and O–H groups in total. The van der Waals surface area contributed by atoms with E-state index in [0.717, 1.165) is 45.5 Å². The van der Waals surface area contributed by atoms with Crippen LogP contribution in [0.25, 0.3) is 22.0 Å². The van der Waals surface area contributed by atoms with Gasteiger partial charge in [-0.25, -0.2) is 0 Å². The van der Waals surface area contributed by atoms with Gasteiger partial charge < -0.3 is 15.2 Å². The van der Waals surface area contributed by atoms with Crippen molar-refractivity contribution >= 4 is 10.9 Å². The summed E-state index contributed by atoms with van der Waals surface area (Å²) < 4.78 is 11.4. The highest BCUT2D eigenvalue weighted by Gasteiger charge is 2.09. The number of pyridine rings is 1. The Labute approximate surface area is 176 Å². The van der Waals surface area contributed by atoms with Crippen molar-refractivity contribution in [2.24, 2.45) is 5.73 Å². The van der Waals surface area contributed by atoms with Gasteiger partial charge in [-0.1, -0.05) is 18.2 Å². The maximum absolute atomic E-state index is 6.28. The predicted molar refractivity (Wildman–Crippen MR) is 119 cm³/mol. The predicted octanol–water partition coefficient (Wildman–Crippen LogP) is 4.28. The van der Waals surface area contributed by atoms with Crippen molar-refractivity contribution in [3.8, 4) is 22.6 Å². The lowest BCUT2D eigenvalue weighted by Gasteiger charge is -2.14. The van der Waals surface area contributed by atoms with Gasteiger partial charge in [0.25, 0.3) is 0 Å². The number of nitrogens with one attached hydrogen (secondary N) is 1. The van der Waals surface area contributed by atoms with Crippen LogP contribution in [0.5, 0.6) is 11.5 Å². The summed E-state index contributed by atoms with van der Waals surface area (Å²) in [7, 11) is 0. The maximum atomic E-state index is 6.28. The van der Waals surface area contributed by atoms with Gasteiger partial charge in [0, 0.05) is 23.2 Å². The minimum Gasteiger partial charge on any atom is -0.494 e. The number of fused-ring (bicyclic) bond motifs is 1. The normalized spacial score (nSPS) is 12.1. The van der Waals surface area contributed by atoms with Gasteiger partial charge in [-0.15, -0.1) is 0 Å². The van der Waals surface area contributed by atoms with E-state index in [1.165, 1.54) is 0 Å². The first-order chi connectivity index (χ1) is 14.6. The first-order valence-corrected chi connectivity index (χ1v) is 10.1. The fraction of sp³-hybridized carbons (Fsp3) is 0.250. The van der Waals surface area contributed by atoms with Gasteiger partial charge in [-0.05, 0) is 61.7 Å². The summed E-state index contributed by atoms with van der Waals surface area (Å²) >= 11 is 0.